The molecule has 1 heterocycles. The third kappa shape index (κ3) is 15.4. The maximum Gasteiger partial charge on any atom is 0.161 e. The van der Waals surface area contributed by atoms with E-state index < -0.39 is 0 Å². The van der Waals surface area contributed by atoms with Gasteiger partial charge in [0.05, 0.1) is 51.8 Å². The number of para-hydroxylation sites is 2. The minimum absolute atomic E-state index is 0.458. The summed E-state index contributed by atoms with van der Waals surface area (Å²) in [5.74, 6) is 3.13. The van der Waals surface area contributed by atoms with Gasteiger partial charge in [-0.05, 0) is 31.2 Å². The van der Waals surface area contributed by atoms with Crippen LogP contribution in [-0.2, 0) is 18.9 Å². The van der Waals surface area contributed by atoms with E-state index in [2.05, 4.69) is 6.58 Å². The van der Waals surface area contributed by atoms with Crippen LogP contribution in [0.25, 0.3) is 0 Å². The Morgan fingerprint density at radius 1 is 0.647 bits per heavy atom. The minimum Gasteiger partial charge on any atom is -0.498 e. The van der Waals surface area contributed by atoms with Crippen molar-refractivity contribution in [3.8, 4) is 11.5 Å². The number of rotatable bonds is 1. The first-order chi connectivity index (χ1) is 16.8. The number of benzene rings is 1. The Morgan fingerprint density at radius 3 is 1.76 bits per heavy atom. The van der Waals surface area contributed by atoms with Crippen molar-refractivity contribution in [1.29, 1.82) is 0 Å². The summed E-state index contributed by atoms with van der Waals surface area (Å²) in [6, 6.07) is 7.65. The molecule has 0 atom stereocenters. The first-order valence-electron chi connectivity index (χ1n) is 12.6. The zero-order valence-electron chi connectivity index (χ0n) is 22.0. The van der Waals surface area contributed by atoms with Gasteiger partial charge < -0.3 is 28.4 Å². The zero-order chi connectivity index (χ0) is 25.3. The monoisotopic (exact) mass is 478 g/mol. The van der Waals surface area contributed by atoms with E-state index >= 15 is 0 Å². The number of allylic oxidation sites excluding steroid dienone is 3. The summed E-state index contributed by atoms with van der Waals surface area (Å²) in [5, 5.41) is 0. The molecule has 34 heavy (non-hydrogen) atoms. The average molecular weight is 479 g/mol. The van der Waals surface area contributed by atoms with Gasteiger partial charge in [-0.15, -0.1) is 0 Å². The van der Waals surface area contributed by atoms with Gasteiger partial charge in [-0.3, -0.25) is 0 Å². The van der Waals surface area contributed by atoms with E-state index in [0.29, 0.717) is 65.0 Å². The van der Waals surface area contributed by atoms with Gasteiger partial charge in [-0.1, -0.05) is 52.5 Å². The van der Waals surface area contributed by atoms with Crippen molar-refractivity contribution in [2.24, 2.45) is 0 Å². The molecule has 0 spiro atoms. The van der Waals surface area contributed by atoms with Gasteiger partial charge in [-0.2, -0.15) is 0 Å². The molecule has 6 nitrogen and oxygen atoms in total. The molecule has 1 aliphatic heterocycles. The Kier molecular flexibility index (Phi) is 22.0. The molecule has 0 radical (unpaired) electrons. The lowest BCUT2D eigenvalue weighted by Gasteiger charge is -2.15. The van der Waals surface area contributed by atoms with Crippen molar-refractivity contribution in [3.63, 3.8) is 0 Å². The molecule has 6 heteroatoms. The predicted octanol–water partition coefficient (Wildman–Crippen LogP) is 6.72. The molecular formula is C28H46O6. The van der Waals surface area contributed by atoms with Crippen molar-refractivity contribution >= 4 is 0 Å². The van der Waals surface area contributed by atoms with Crippen LogP contribution in [0.3, 0.4) is 0 Å². The van der Waals surface area contributed by atoms with Crippen molar-refractivity contribution in [3.05, 3.63) is 60.6 Å². The van der Waals surface area contributed by atoms with E-state index in [9.17, 15) is 0 Å². The third-order valence-electron chi connectivity index (χ3n) is 4.23. The second-order valence-electron chi connectivity index (χ2n) is 6.57. The topological polar surface area (TPSA) is 55.4 Å². The minimum atomic E-state index is 0.458. The highest BCUT2D eigenvalue weighted by Gasteiger charge is 2.07. The zero-order valence-corrected chi connectivity index (χ0v) is 22.0. The lowest BCUT2D eigenvalue weighted by atomic mass is 10.2. The maximum atomic E-state index is 5.92. The van der Waals surface area contributed by atoms with Crippen LogP contribution in [0.2, 0.25) is 0 Å². The lowest BCUT2D eigenvalue weighted by molar-refractivity contribution is 0.0304. The molecule has 1 aromatic carbocycles. The van der Waals surface area contributed by atoms with Gasteiger partial charge >= 0.3 is 0 Å². The second-order valence-corrected chi connectivity index (χ2v) is 6.57. The fraction of sp³-hybridized carbons (Fsp3) is 0.571. The molecule has 0 bridgehead atoms. The molecule has 1 aliphatic rings. The summed E-state index contributed by atoms with van der Waals surface area (Å²) in [4.78, 5) is 0. The molecule has 194 valence electrons. The van der Waals surface area contributed by atoms with Gasteiger partial charge in [-0.25, -0.2) is 0 Å². The summed E-state index contributed by atoms with van der Waals surface area (Å²) in [5.41, 5.74) is 0. The van der Waals surface area contributed by atoms with Gasteiger partial charge in [0.25, 0.3) is 0 Å². The number of hydrogen-bond donors (Lipinski definition) is 0. The summed E-state index contributed by atoms with van der Waals surface area (Å²) >= 11 is 0. The molecule has 1 aromatic rings. The van der Waals surface area contributed by atoms with Crippen LogP contribution < -0.4 is 9.47 Å². The summed E-state index contributed by atoms with van der Waals surface area (Å²) in [6.07, 6.45) is 7.71. The number of hydrogen-bond acceptors (Lipinski definition) is 6. The highest BCUT2D eigenvalue weighted by molar-refractivity contribution is 5.39. The van der Waals surface area contributed by atoms with E-state index in [4.69, 9.17) is 28.4 Å². The molecule has 0 unspecified atom stereocenters. The van der Waals surface area contributed by atoms with E-state index in [0.717, 1.165) is 30.1 Å². The standard InChI is InChI=1S/C24H34O6.2C2H6/c1-3-9-22-20-21(4-2)27-13-7-12-25-16-17-26-18-19-30-24-11-6-5-10-23(24)29-15-8-14-28-22;2*1-2/h3-6,9-11H,1,7-8,12-20H2,2H3;2*1-2H3/b21-4+,22-9+;;. The van der Waals surface area contributed by atoms with Gasteiger partial charge in [0.1, 0.15) is 12.4 Å². The van der Waals surface area contributed by atoms with E-state index in [1.54, 1.807) is 6.08 Å². The SMILES string of the molecule is C=C/C=C1\C/C(=C\C)OCCCOCCOCCOc2ccccc2OCCCO1.CC.CC. The normalized spacial score (nSPS) is 19.0. The Morgan fingerprint density at radius 2 is 1.15 bits per heavy atom. The van der Waals surface area contributed by atoms with Crippen LogP contribution in [0.5, 0.6) is 11.5 Å². The average Bonchev–Trinajstić information content (AvgIpc) is 2.88. The van der Waals surface area contributed by atoms with E-state index in [1.165, 1.54) is 0 Å². The summed E-state index contributed by atoms with van der Waals surface area (Å²) in [7, 11) is 0. The molecule has 0 saturated carbocycles. The van der Waals surface area contributed by atoms with Crippen LogP contribution >= 0.6 is 0 Å². The quantitative estimate of drug-likeness (QED) is 0.446. The van der Waals surface area contributed by atoms with Crippen LogP contribution in [0.15, 0.2) is 60.6 Å². The van der Waals surface area contributed by atoms with Gasteiger partial charge in [0, 0.05) is 19.4 Å². The molecule has 0 aliphatic carbocycles. The van der Waals surface area contributed by atoms with Crippen LogP contribution in [0.4, 0.5) is 0 Å². The van der Waals surface area contributed by atoms with Crippen LogP contribution in [0, 0.1) is 0 Å². The second kappa shape index (κ2) is 23.7. The molecule has 0 fully saturated rings. The fourth-order valence-electron chi connectivity index (χ4n) is 2.73. The first-order valence-corrected chi connectivity index (χ1v) is 12.6. The van der Waals surface area contributed by atoms with Crippen LogP contribution in [-0.4, -0.2) is 52.9 Å². The van der Waals surface area contributed by atoms with Crippen molar-refractivity contribution in [1.82, 2.24) is 0 Å². The maximum absolute atomic E-state index is 5.92. The smallest absolute Gasteiger partial charge is 0.161 e. The molecule has 0 N–H and O–H groups in total. The molecule has 0 amide bonds. The highest BCUT2D eigenvalue weighted by Crippen LogP contribution is 2.26. The Labute approximate surface area is 207 Å². The molecule has 0 saturated heterocycles. The van der Waals surface area contributed by atoms with Crippen molar-refractivity contribution in [2.75, 3.05) is 52.9 Å². The Bertz CT molecular complexity index is 669. The summed E-state index contributed by atoms with van der Waals surface area (Å²) in [6.45, 7) is 18.1. The van der Waals surface area contributed by atoms with Gasteiger partial charge in [0.2, 0.25) is 0 Å². The summed E-state index contributed by atoms with van der Waals surface area (Å²) < 4.78 is 34.6. The van der Waals surface area contributed by atoms with Gasteiger partial charge in [0.15, 0.2) is 11.5 Å². The predicted molar refractivity (Wildman–Crippen MR) is 140 cm³/mol. The highest BCUT2D eigenvalue weighted by atomic mass is 16.6. The molecule has 0 aromatic heterocycles. The lowest BCUT2D eigenvalue weighted by Crippen LogP contribution is -2.12. The van der Waals surface area contributed by atoms with E-state index in [-0.39, 0.29) is 0 Å². The molecule has 2 rings (SSSR count). The third-order valence-corrected chi connectivity index (χ3v) is 4.23. The van der Waals surface area contributed by atoms with Crippen molar-refractivity contribution in [2.45, 2.75) is 53.9 Å². The largest absolute Gasteiger partial charge is 0.498 e. The Hall–Kier alpha value is -2.44. The van der Waals surface area contributed by atoms with Crippen molar-refractivity contribution < 1.29 is 28.4 Å². The number of ether oxygens (including phenoxy) is 6. The molecular weight excluding hydrogens is 432 g/mol. The first kappa shape index (κ1) is 31.6. The van der Waals surface area contributed by atoms with E-state index in [1.807, 2.05) is 71.0 Å². The van der Waals surface area contributed by atoms with Crippen LogP contribution in [0.1, 0.15) is 53.9 Å². The fourth-order valence-corrected chi connectivity index (χ4v) is 2.73. The Balaban J connectivity index is 0.00000258. The number of fused-ring (bicyclic) bond motifs is 1.